The normalized spacial score (nSPS) is 12.6. The second kappa shape index (κ2) is 11.0. The molecule has 0 aromatic heterocycles. The summed E-state index contributed by atoms with van der Waals surface area (Å²) in [5, 5.41) is 32.7. The van der Waals surface area contributed by atoms with E-state index < -0.39 is 23.7 Å². The highest BCUT2D eigenvalue weighted by molar-refractivity contribution is 6.42. The van der Waals surface area contributed by atoms with Crippen molar-refractivity contribution in [3.05, 3.63) is 129 Å². The largest absolute Gasteiger partial charge is 0.478 e. The molecule has 0 saturated carbocycles. The molecule has 5 N–H and O–H groups in total. The Morgan fingerprint density at radius 3 is 1.66 bits per heavy atom. The number of fused-ring (bicyclic) bond motifs is 2. The molecule has 1 heterocycles. The van der Waals surface area contributed by atoms with Crippen LogP contribution in [0.15, 0.2) is 78.9 Å². The number of amides is 3. The Bertz CT molecular complexity index is 2670. The number of hydrogen-bond acceptors (Lipinski definition) is 5. The maximum Gasteiger partial charge on any atom is 0.336 e. The fourth-order valence-corrected chi connectivity index (χ4v) is 7.67. The monoisotopic (exact) mass is 658 g/mol. The van der Waals surface area contributed by atoms with E-state index in [1.807, 2.05) is 64.1 Å². The van der Waals surface area contributed by atoms with Crippen molar-refractivity contribution in [3.8, 4) is 0 Å². The summed E-state index contributed by atoms with van der Waals surface area (Å²) in [6, 6.07) is 23.2. The van der Waals surface area contributed by atoms with Crippen LogP contribution in [-0.4, -0.2) is 34.6 Å². The van der Waals surface area contributed by atoms with Gasteiger partial charge in [-0.15, -0.1) is 0 Å². The van der Waals surface area contributed by atoms with Crippen molar-refractivity contribution in [2.45, 2.75) is 27.7 Å². The molecule has 0 saturated heterocycles. The van der Waals surface area contributed by atoms with Gasteiger partial charge in [-0.05, 0) is 125 Å². The van der Waals surface area contributed by atoms with Gasteiger partial charge in [0, 0.05) is 49.8 Å². The van der Waals surface area contributed by atoms with Gasteiger partial charge in [0.25, 0.3) is 17.7 Å². The number of carbonyl (C=O) groups is 4. The van der Waals surface area contributed by atoms with Gasteiger partial charge in [-0.3, -0.25) is 25.1 Å². The van der Waals surface area contributed by atoms with Gasteiger partial charge in [-0.2, -0.15) is 0 Å². The SMILES string of the molecule is Cc1cc(C)cc(NC(=N)c2cc(C(=O)O)c3c4ccc5c6c(ccc(c7ccc(C(=O)Nc8cc(C)cc(C)c8)c2c73)c64)C(=O)NC5=O)c1. The van der Waals surface area contributed by atoms with E-state index >= 15 is 0 Å². The van der Waals surface area contributed by atoms with Crippen LogP contribution in [-0.2, 0) is 0 Å². The number of anilines is 2. The number of carboxylic acids is 1. The van der Waals surface area contributed by atoms with Gasteiger partial charge in [0.1, 0.15) is 5.84 Å². The van der Waals surface area contributed by atoms with Gasteiger partial charge in [0.15, 0.2) is 0 Å². The maximum absolute atomic E-state index is 14.3. The van der Waals surface area contributed by atoms with E-state index in [1.165, 1.54) is 6.07 Å². The molecule has 0 radical (unpaired) electrons. The topological polar surface area (TPSA) is 148 Å². The summed E-state index contributed by atoms with van der Waals surface area (Å²) in [5.41, 5.74) is 6.24. The molecule has 0 atom stereocenters. The number of imide groups is 1. The Morgan fingerprint density at radius 2 is 1.08 bits per heavy atom. The highest BCUT2D eigenvalue weighted by Gasteiger charge is 2.30. The molecule has 7 aromatic rings. The number of hydrogen-bond donors (Lipinski definition) is 5. The second-order valence-corrected chi connectivity index (χ2v) is 13.1. The van der Waals surface area contributed by atoms with Gasteiger partial charge >= 0.3 is 5.97 Å². The Hall–Kier alpha value is -6.61. The molecule has 0 bridgehead atoms. The van der Waals surface area contributed by atoms with Crippen molar-refractivity contribution in [1.29, 1.82) is 5.41 Å². The number of carboxylic acid groups (broad SMARTS) is 1. The third-order valence-corrected chi connectivity index (χ3v) is 9.43. The number of nitrogens with one attached hydrogen (secondary N) is 4. The third-order valence-electron chi connectivity index (χ3n) is 9.43. The lowest BCUT2D eigenvalue weighted by Crippen LogP contribution is -2.34. The smallest absolute Gasteiger partial charge is 0.336 e. The molecule has 1 aliphatic rings. The van der Waals surface area contributed by atoms with Crippen LogP contribution in [0.5, 0.6) is 0 Å². The Kier molecular flexibility index (Phi) is 6.73. The summed E-state index contributed by atoms with van der Waals surface area (Å²) in [6.45, 7) is 7.80. The van der Waals surface area contributed by atoms with Crippen molar-refractivity contribution in [1.82, 2.24) is 5.32 Å². The number of amidine groups is 1. The van der Waals surface area contributed by atoms with E-state index in [0.717, 1.165) is 22.3 Å². The molecule has 9 nitrogen and oxygen atoms in total. The summed E-state index contributed by atoms with van der Waals surface area (Å²) in [7, 11) is 0. The van der Waals surface area contributed by atoms with E-state index in [0.29, 0.717) is 65.6 Å². The van der Waals surface area contributed by atoms with Crippen molar-refractivity contribution in [2.75, 3.05) is 10.6 Å². The van der Waals surface area contributed by atoms with E-state index in [2.05, 4.69) is 16.0 Å². The minimum Gasteiger partial charge on any atom is -0.478 e. The summed E-state index contributed by atoms with van der Waals surface area (Å²) >= 11 is 0. The zero-order chi connectivity index (χ0) is 35.2. The van der Waals surface area contributed by atoms with Crippen LogP contribution in [0.1, 0.15) is 69.2 Å². The lowest BCUT2D eigenvalue weighted by atomic mass is 9.81. The molecule has 0 fully saturated rings. The number of carbonyl (C=O) groups excluding carboxylic acids is 3. The third kappa shape index (κ3) is 4.66. The van der Waals surface area contributed by atoms with Crippen molar-refractivity contribution in [3.63, 3.8) is 0 Å². The predicted octanol–water partition coefficient (Wildman–Crippen LogP) is 8.24. The van der Waals surface area contributed by atoms with Crippen LogP contribution < -0.4 is 16.0 Å². The second-order valence-electron chi connectivity index (χ2n) is 13.1. The zero-order valence-corrected chi connectivity index (χ0v) is 27.6. The van der Waals surface area contributed by atoms with E-state index in [-0.39, 0.29) is 22.5 Å². The van der Waals surface area contributed by atoms with Crippen LogP contribution in [0.3, 0.4) is 0 Å². The Labute approximate surface area is 285 Å². The standard InChI is InChI=1S/C41H30N4O5/c1-18-11-19(2)14-22(13-18)43-37(42)30-17-31(41(49)50)33-26-7-10-28-34-27(39(47)45-40(28)48)8-5-24(32(26)34)25-6-9-29(35(30)36(25)33)38(46)44-23-15-20(3)12-21(4)16-23/h5-17H,1-4H3,(H2,42,43)(H,44,46)(H,49,50)(H,45,47,48). The summed E-state index contributed by atoms with van der Waals surface area (Å²) < 4.78 is 0. The van der Waals surface area contributed by atoms with Crippen LogP contribution >= 0.6 is 0 Å². The molecular formula is C41H30N4O5. The minimum absolute atomic E-state index is 0.0782. The quantitative estimate of drug-likeness (QED) is 0.0414. The number of rotatable bonds is 5. The van der Waals surface area contributed by atoms with Gasteiger partial charge in [-0.25, -0.2) is 4.79 Å². The number of benzene rings is 7. The lowest BCUT2D eigenvalue weighted by Gasteiger charge is -2.23. The lowest BCUT2D eigenvalue weighted by molar-refractivity contribution is 0.0697. The molecule has 0 unspecified atom stereocenters. The first-order valence-corrected chi connectivity index (χ1v) is 16.1. The average Bonchev–Trinajstić information content (AvgIpc) is 3.04. The van der Waals surface area contributed by atoms with Crippen molar-refractivity contribution < 1.29 is 24.3 Å². The highest BCUT2D eigenvalue weighted by atomic mass is 16.4. The molecule has 0 aliphatic carbocycles. The van der Waals surface area contributed by atoms with Gasteiger partial charge in [-0.1, -0.05) is 30.3 Å². The van der Waals surface area contributed by atoms with Gasteiger partial charge < -0.3 is 15.7 Å². The van der Waals surface area contributed by atoms with Crippen LogP contribution in [0.2, 0.25) is 0 Å². The van der Waals surface area contributed by atoms with Gasteiger partial charge in [0.2, 0.25) is 0 Å². The molecule has 7 aromatic carbocycles. The van der Waals surface area contributed by atoms with Gasteiger partial charge in [0.05, 0.1) is 5.56 Å². The fourth-order valence-electron chi connectivity index (χ4n) is 7.67. The number of aromatic carboxylic acids is 1. The Morgan fingerprint density at radius 1 is 0.560 bits per heavy atom. The van der Waals surface area contributed by atoms with Crippen LogP contribution in [0.4, 0.5) is 11.4 Å². The van der Waals surface area contributed by atoms with E-state index in [4.69, 9.17) is 0 Å². The first-order valence-electron chi connectivity index (χ1n) is 16.1. The number of aryl methyl sites for hydroxylation is 4. The molecule has 1 aliphatic heterocycles. The zero-order valence-electron chi connectivity index (χ0n) is 27.6. The Balaban J connectivity index is 1.49. The van der Waals surface area contributed by atoms with E-state index in [1.54, 1.807) is 36.4 Å². The molecule has 50 heavy (non-hydrogen) atoms. The molecule has 9 heteroatoms. The average molecular weight is 659 g/mol. The maximum atomic E-state index is 14.3. The van der Waals surface area contributed by atoms with Crippen LogP contribution in [0.25, 0.3) is 43.1 Å². The highest BCUT2D eigenvalue weighted by Crippen LogP contribution is 2.46. The minimum atomic E-state index is -1.23. The summed E-state index contributed by atoms with van der Waals surface area (Å²) in [5.74, 6) is -2.79. The predicted molar refractivity (Wildman–Crippen MR) is 197 cm³/mol. The molecule has 8 rings (SSSR count). The van der Waals surface area contributed by atoms with E-state index in [9.17, 15) is 29.7 Å². The van der Waals surface area contributed by atoms with Crippen molar-refractivity contribution in [2.24, 2.45) is 0 Å². The molecular weight excluding hydrogens is 628 g/mol. The summed E-state index contributed by atoms with van der Waals surface area (Å²) in [4.78, 5) is 53.3. The molecule has 0 spiro atoms. The molecule has 244 valence electrons. The first-order chi connectivity index (χ1) is 23.9. The summed E-state index contributed by atoms with van der Waals surface area (Å²) in [6.07, 6.45) is 0. The van der Waals surface area contributed by atoms with Crippen molar-refractivity contribution >= 4 is 84.0 Å². The fraction of sp³-hybridized carbons (Fsp3) is 0.0976. The first kappa shape index (κ1) is 30.7. The van der Waals surface area contributed by atoms with Crippen LogP contribution in [0, 0.1) is 33.1 Å². The molecule has 3 amide bonds.